The molecule has 1 aliphatic rings. The van der Waals surface area contributed by atoms with Crippen LogP contribution in [0.3, 0.4) is 0 Å². The predicted molar refractivity (Wildman–Crippen MR) is 69.8 cm³/mol. The van der Waals surface area contributed by atoms with Crippen molar-refractivity contribution in [2.24, 2.45) is 5.73 Å². The molecule has 2 N–H and O–H groups in total. The van der Waals surface area contributed by atoms with Crippen LogP contribution in [0.25, 0.3) is 0 Å². The normalized spacial score (nSPS) is 23.5. The van der Waals surface area contributed by atoms with Crippen molar-refractivity contribution in [3.63, 3.8) is 0 Å². The molecule has 0 amide bonds. The van der Waals surface area contributed by atoms with Gasteiger partial charge in [-0.3, -0.25) is 4.90 Å². The number of nitrogens with zero attached hydrogens (tertiary/aromatic N) is 1. The molecular formula is C14H22N2O. The van der Waals surface area contributed by atoms with Crippen molar-refractivity contribution in [3.8, 4) is 0 Å². The Labute approximate surface area is 104 Å². The van der Waals surface area contributed by atoms with Crippen LogP contribution in [0.2, 0.25) is 0 Å². The van der Waals surface area contributed by atoms with Gasteiger partial charge in [0.2, 0.25) is 0 Å². The van der Waals surface area contributed by atoms with Crippen molar-refractivity contribution < 1.29 is 4.74 Å². The molecule has 0 aliphatic carbocycles. The van der Waals surface area contributed by atoms with Crippen LogP contribution in [0.1, 0.15) is 24.9 Å². The average molecular weight is 234 g/mol. The van der Waals surface area contributed by atoms with Crippen molar-refractivity contribution in [2.45, 2.75) is 25.5 Å². The van der Waals surface area contributed by atoms with Gasteiger partial charge in [-0.05, 0) is 25.5 Å². The number of benzene rings is 1. The minimum Gasteiger partial charge on any atom is -0.376 e. The van der Waals surface area contributed by atoms with Crippen LogP contribution in [0.15, 0.2) is 30.3 Å². The highest BCUT2D eigenvalue weighted by Gasteiger charge is 2.24. The second-order valence-corrected chi connectivity index (χ2v) is 4.65. The Morgan fingerprint density at radius 2 is 2.18 bits per heavy atom. The summed E-state index contributed by atoms with van der Waals surface area (Å²) >= 11 is 0. The number of hydrogen-bond acceptors (Lipinski definition) is 3. The third-order valence-electron chi connectivity index (χ3n) is 3.49. The number of rotatable bonds is 4. The lowest BCUT2D eigenvalue weighted by Crippen LogP contribution is -2.44. The van der Waals surface area contributed by atoms with Gasteiger partial charge in [0, 0.05) is 19.1 Å². The molecule has 1 heterocycles. The summed E-state index contributed by atoms with van der Waals surface area (Å²) in [5.74, 6) is 0. The lowest BCUT2D eigenvalue weighted by molar-refractivity contribution is -0.0434. The Hall–Kier alpha value is -0.900. The maximum atomic E-state index is 5.71. The highest BCUT2D eigenvalue weighted by atomic mass is 16.5. The van der Waals surface area contributed by atoms with Crippen LogP contribution in [-0.4, -0.2) is 37.2 Å². The molecule has 1 aromatic carbocycles. The second-order valence-electron chi connectivity index (χ2n) is 4.65. The molecule has 3 nitrogen and oxygen atoms in total. The first-order valence-electron chi connectivity index (χ1n) is 6.42. The van der Waals surface area contributed by atoms with Gasteiger partial charge in [0.1, 0.15) is 0 Å². The van der Waals surface area contributed by atoms with Gasteiger partial charge in [-0.2, -0.15) is 0 Å². The predicted octanol–water partition coefficient (Wildman–Crippen LogP) is 1.80. The van der Waals surface area contributed by atoms with Crippen LogP contribution in [0.5, 0.6) is 0 Å². The molecular weight excluding hydrogens is 212 g/mol. The SMILES string of the molecule is CC(c1ccccc1)N1CCOC(CCN)C1. The summed E-state index contributed by atoms with van der Waals surface area (Å²) in [7, 11) is 0. The number of morpholine rings is 1. The molecule has 2 rings (SSSR count). The topological polar surface area (TPSA) is 38.5 Å². The molecule has 0 saturated carbocycles. The average Bonchev–Trinajstić information content (AvgIpc) is 2.40. The molecule has 1 fully saturated rings. The first-order valence-corrected chi connectivity index (χ1v) is 6.42. The summed E-state index contributed by atoms with van der Waals surface area (Å²) in [6, 6.07) is 11.1. The summed E-state index contributed by atoms with van der Waals surface area (Å²) in [4.78, 5) is 2.49. The number of ether oxygens (including phenoxy) is 1. The lowest BCUT2D eigenvalue weighted by Gasteiger charge is -2.37. The molecule has 0 radical (unpaired) electrons. The molecule has 1 saturated heterocycles. The molecule has 2 unspecified atom stereocenters. The minimum atomic E-state index is 0.305. The maximum absolute atomic E-state index is 5.71. The molecule has 0 aromatic heterocycles. The van der Waals surface area contributed by atoms with E-state index in [1.165, 1.54) is 5.56 Å². The third kappa shape index (κ3) is 3.28. The Morgan fingerprint density at radius 1 is 1.41 bits per heavy atom. The van der Waals surface area contributed by atoms with E-state index in [4.69, 9.17) is 10.5 Å². The summed E-state index contributed by atoms with van der Waals surface area (Å²) in [5.41, 5.74) is 6.97. The lowest BCUT2D eigenvalue weighted by atomic mass is 10.1. The van der Waals surface area contributed by atoms with Gasteiger partial charge in [0.05, 0.1) is 12.7 Å². The molecule has 0 bridgehead atoms. The first-order chi connectivity index (χ1) is 8.31. The number of nitrogens with two attached hydrogens (primary N) is 1. The third-order valence-corrected chi connectivity index (χ3v) is 3.49. The van der Waals surface area contributed by atoms with E-state index < -0.39 is 0 Å². The first kappa shape index (κ1) is 12.6. The zero-order chi connectivity index (χ0) is 12.1. The standard InChI is InChI=1S/C14H22N2O/c1-12(13-5-3-2-4-6-13)16-9-10-17-14(11-16)7-8-15/h2-6,12,14H,7-11,15H2,1H3. The largest absolute Gasteiger partial charge is 0.376 e. The van der Waals surface area contributed by atoms with Crippen molar-refractivity contribution in [3.05, 3.63) is 35.9 Å². The smallest absolute Gasteiger partial charge is 0.0714 e. The Balaban J connectivity index is 1.97. The molecule has 3 heteroatoms. The van der Waals surface area contributed by atoms with E-state index in [1.54, 1.807) is 0 Å². The molecule has 1 aliphatic heterocycles. The fraction of sp³-hybridized carbons (Fsp3) is 0.571. The molecule has 2 atom stereocenters. The van der Waals surface area contributed by atoms with Crippen LogP contribution in [0, 0.1) is 0 Å². The summed E-state index contributed by atoms with van der Waals surface area (Å²) in [6.07, 6.45) is 1.26. The van der Waals surface area contributed by atoms with E-state index in [9.17, 15) is 0 Å². The van der Waals surface area contributed by atoms with Crippen molar-refractivity contribution in [1.29, 1.82) is 0 Å². The van der Waals surface area contributed by atoms with Crippen LogP contribution < -0.4 is 5.73 Å². The molecule has 94 valence electrons. The number of hydrogen-bond donors (Lipinski definition) is 1. The molecule has 0 spiro atoms. The van der Waals surface area contributed by atoms with Crippen LogP contribution in [-0.2, 0) is 4.74 Å². The summed E-state index contributed by atoms with van der Waals surface area (Å²) < 4.78 is 5.71. The van der Waals surface area contributed by atoms with Gasteiger partial charge >= 0.3 is 0 Å². The highest BCUT2D eigenvalue weighted by Crippen LogP contribution is 2.22. The van der Waals surface area contributed by atoms with Crippen molar-refractivity contribution in [1.82, 2.24) is 4.90 Å². The Morgan fingerprint density at radius 3 is 2.88 bits per heavy atom. The summed E-state index contributed by atoms with van der Waals surface area (Å²) in [6.45, 7) is 5.80. The minimum absolute atomic E-state index is 0.305. The quantitative estimate of drug-likeness (QED) is 0.863. The monoisotopic (exact) mass is 234 g/mol. The van der Waals surface area contributed by atoms with Gasteiger partial charge in [0.25, 0.3) is 0 Å². The zero-order valence-corrected chi connectivity index (χ0v) is 10.5. The maximum Gasteiger partial charge on any atom is 0.0714 e. The van der Waals surface area contributed by atoms with E-state index >= 15 is 0 Å². The van der Waals surface area contributed by atoms with E-state index in [0.29, 0.717) is 18.7 Å². The van der Waals surface area contributed by atoms with Gasteiger partial charge in [-0.25, -0.2) is 0 Å². The van der Waals surface area contributed by atoms with Gasteiger partial charge in [-0.15, -0.1) is 0 Å². The second kappa shape index (κ2) is 6.15. The van der Waals surface area contributed by atoms with Gasteiger partial charge in [-0.1, -0.05) is 30.3 Å². The highest BCUT2D eigenvalue weighted by molar-refractivity contribution is 5.18. The zero-order valence-electron chi connectivity index (χ0n) is 10.5. The van der Waals surface area contributed by atoms with E-state index in [0.717, 1.165) is 26.1 Å². The van der Waals surface area contributed by atoms with E-state index in [1.807, 2.05) is 0 Å². The van der Waals surface area contributed by atoms with Crippen LogP contribution >= 0.6 is 0 Å². The fourth-order valence-electron chi connectivity index (χ4n) is 2.40. The van der Waals surface area contributed by atoms with Gasteiger partial charge in [0.15, 0.2) is 0 Å². The molecule has 17 heavy (non-hydrogen) atoms. The van der Waals surface area contributed by atoms with Crippen LogP contribution in [0.4, 0.5) is 0 Å². The fourth-order valence-corrected chi connectivity index (χ4v) is 2.40. The van der Waals surface area contributed by atoms with Crippen molar-refractivity contribution in [2.75, 3.05) is 26.2 Å². The van der Waals surface area contributed by atoms with E-state index in [-0.39, 0.29) is 0 Å². The van der Waals surface area contributed by atoms with Gasteiger partial charge < -0.3 is 10.5 Å². The Kier molecular flexibility index (Phi) is 4.54. The summed E-state index contributed by atoms with van der Waals surface area (Å²) in [5, 5.41) is 0. The molecule has 1 aromatic rings. The Bertz CT molecular complexity index is 326. The van der Waals surface area contributed by atoms with E-state index in [2.05, 4.69) is 42.2 Å². The van der Waals surface area contributed by atoms with Crippen molar-refractivity contribution >= 4 is 0 Å².